The maximum atomic E-state index is 12.1. The standard InChI is InChI=1S/C19H23N5O4/c1-26-9-10-28-18-15-12-21-17(11-16(15)23-24-18)22-19(25)20-8-7-13-3-5-14(27-2)6-4-13/h3-6,11-12H,7-10H2,1-2H3,(H,23,24)(H2,20,21,22,25). The van der Waals surface area contributed by atoms with Crippen LogP contribution in [0.3, 0.4) is 0 Å². The van der Waals surface area contributed by atoms with Gasteiger partial charge in [-0.3, -0.25) is 10.4 Å². The van der Waals surface area contributed by atoms with Gasteiger partial charge in [-0.25, -0.2) is 9.78 Å². The summed E-state index contributed by atoms with van der Waals surface area (Å²) < 4.78 is 15.6. The summed E-state index contributed by atoms with van der Waals surface area (Å²) in [5.41, 5.74) is 1.83. The number of urea groups is 1. The number of hydrogen-bond donors (Lipinski definition) is 3. The number of hydrogen-bond acceptors (Lipinski definition) is 6. The van der Waals surface area contributed by atoms with Crippen molar-refractivity contribution in [2.24, 2.45) is 0 Å². The molecule has 148 valence electrons. The highest BCUT2D eigenvalue weighted by Gasteiger charge is 2.10. The highest BCUT2D eigenvalue weighted by Crippen LogP contribution is 2.23. The fraction of sp³-hybridized carbons (Fsp3) is 0.316. The maximum absolute atomic E-state index is 12.1. The third kappa shape index (κ3) is 5.10. The molecule has 0 spiro atoms. The second-order valence-corrected chi connectivity index (χ2v) is 5.96. The van der Waals surface area contributed by atoms with Gasteiger partial charge >= 0.3 is 6.03 Å². The highest BCUT2D eigenvalue weighted by atomic mass is 16.5. The Balaban J connectivity index is 1.49. The number of benzene rings is 1. The van der Waals surface area contributed by atoms with Crippen LogP contribution >= 0.6 is 0 Å². The molecule has 0 unspecified atom stereocenters. The van der Waals surface area contributed by atoms with Crippen molar-refractivity contribution in [3.05, 3.63) is 42.1 Å². The molecule has 2 amide bonds. The molecule has 3 rings (SSSR count). The van der Waals surface area contributed by atoms with Crippen LogP contribution in [0.2, 0.25) is 0 Å². The van der Waals surface area contributed by atoms with E-state index in [1.165, 1.54) is 0 Å². The minimum atomic E-state index is -0.323. The number of rotatable bonds is 9. The molecule has 9 nitrogen and oxygen atoms in total. The Hall–Kier alpha value is -3.33. The summed E-state index contributed by atoms with van der Waals surface area (Å²) in [6.07, 6.45) is 2.32. The molecule has 0 bridgehead atoms. The van der Waals surface area contributed by atoms with Crippen LogP contribution in [0.5, 0.6) is 11.6 Å². The third-order valence-corrected chi connectivity index (χ3v) is 4.04. The number of carbonyl (C=O) groups excluding carboxylic acids is 1. The van der Waals surface area contributed by atoms with E-state index < -0.39 is 0 Å². The molecule has 3 N–H and O–H groups in total. The van der Waals surface area contributed by atoms with E-state index in [0.29, 0.717) is 37.9 Å². The van der Waals surface area contributed by atoms with Crippen molar-refractivity contribution in [3.8, 4) is 11.6 Å². The number of pyridine rings is 1. The molecule has 1 aromatic carbocycles. The number of fused-ring (bicyclic) bond motifs is 1. The van der Waals surface area contributed by atoms with E-state index in [1.54, 1.807) is 26.5 Å². The molecule has 0 atom stereocenters. The van der Waals surface area contributed by atoms with Crippen LogP contribution in [0.15, 0.2) is 36.5 Å². The Morgan fingerprint density at radius 1 is 1.18 bits per heavy atom. The average molecular weight is 385 g/mol. The second-order valence-electron chi connectivity index (χ2n) is 5.96. The summed E-state index contributed by atoms with van der Waals surface area (Å²) >= 11 is 0. The van der Waals surface area contributed by atoms with Crippen LogP contribution < -0.4 is 20.1 Å². The lowest BCUT2D eigenvalue weighted by Crippen LogP contribution is -2.30. The number of methoxy groups -OCH3 is 2. The quantitative estimate of drug-likeness (QED) is 0.488. The van der Waals surface area contributed by atoms with E-state index in [2.05, 4.69) is 25.8 Å². The molecule has 0 radical (unpaired) electrons. The van der Waals surface area contributed by atoms with Crippen molar-refractivity contribution in [2.45, 2.75) is 6.42 Å². The molecule has 0 saturated carbocycles. The van der Waals surface area contributed by atoms with Gasteiger partial charge in [0.25, 0.3) is 0 Å². The van der Waals surface area contributed by atoms with Crippen LogP contribution in [0.1, 0.15) is 5.56 Å². The lowest BCUT2D eigenvalue weighted by Gasteiger charge is -2.08. The number of amides is 2. The molecule has 2 heterocycles. The minimum absolute atomic E-state index is 0.323. The fourth-order valence-corrected chi connectivity index (χ4v) is 2.56. The zero-order chi connectivity index (χ0) is 19.8. The third-order valence-electron chi connectivity index (χ3n) is 4.04. The molecular formula is C19H23N5O4. The van der Waals surface area contributed by atoms with Gasteiger partial charge in [-0.2, -0.15) is 0 Å². The molecule has 2 aromatic heterocycles. The maximum Gasteiger partial charge on any atom is 0.320 e. The van der Waals surface area contributed by atoms with E-state index in [9.17, 15) is 4.79 Å². The summed E-state index contributed by atoms with van der Waals surface area (Å²) in [5, 5.41) is 13.2. The normalized spacial score (nSPS) is 10.6. The van der Waals surface area contributed by atoms with Crippen LogP contribution in [-0.4, -0.2) is 55.2 Å². The summed E-state index contributed by atoms with van der Waals surface area (Å²) in [6, 6.07) is 9.11. The Morgan fingerprint density at radius 3 is 2.75 bits per heavy atom. The minimum Gasteiger partial charge on any atom is -0.497 e. The number of aromatic amines is 1. The lowest BCUT2D eigenvalue weighted by molar-refractivity contribution is 0.144. The van der Waals surface area contributed by atoms with Crippen molar-refractivity contribution in [2.75, 3.05) is 39.3 Å². The second kappa shape index (κ2) is 9.56. The predicted octanol–water partition coefficient (Wildman–Crippen LogP) is 2.36. The smallest absolute Gasteiger partial charge is 0.320 e. The van der Waals surface area contributed by atoms with Crippen LogP contribution in [0, 0.1) is 0 Å². The van der Waals surface area contributed by atoms with E-state index in [0.717, 1.165) is 22.2 Å². The number of aromatic nitrogens is 3. The first-order valence-electron chi connectivity index (χ1n) is 8.83. The van der Waals surface area contributed by atoms with Crippen molar-refractivity contribution in [1.29, 1.82) is 0 Å². The largest absolute Gasteiger partial charge is 0.497 e. The Morgan fingerprint density at radius 2 is 2.00 bits per heavy atom. The van der Waals surface area contributed by atoms with Crippen LogP contribution in [-0.2, 0) is 11.2 Å². The number of nitrogens with one attached hydrogen (secondary N) is 3. The van der Waals surface area contributed by atoms with Gasteiger partial charge in [0, 0.05) is 25.9 Å². The summed E-state index contributed by atoms with van der Waals surface area (Å²) in [6.45, 7) is 1.37. The SMILES string of the molecule is COCCOc1n[nH]c2cc(NC(=O)NCCc3ccc(OC)cc3)ncc12. The van der Waals surface area contributed by atoms with Crippen LogP contribution in [0.4, 0.5) is 10.6 Å². The number of H-pyrrole nitrogens is 1. The number of ether oxygens (including phenoxy) is 3. The van der Waals surface area contributed by atoms with Crippen molar-refractivity contribution < 1.29 is 19.0 Å². The summed E-state index contributed by atoms with van der Waals surface area (Å²) in [5.74, 6) is 1.68. The van der Waals surface area contributed by atoms with E-state index in [-0.39, 0.29) is 6.03 Å². The first kappa shape index (κ1) is 19.4. The van der Waals surface area contributed by atoms with Gasteiger partial charge in [-0.05, 0) is 24.1 Å². The Labute approximate surface area is 162 Å². The van der Waals surface area contributed by atoms with Crippen molar-refractivity contribution >= 4 is 22.8 Å². The van der Waals surface area contributed by atoms with Gasteiger partial charge in [-0.1, -0.05) is 12.1 Å². The van der Waals surface area contributed by atoms with Gasteiger partial charge in [-0.15, -0.1) is 5.10 Å². The monoisotopic (exact) mass is 385 g/mol. The molecule has 9 heteroatoms. The zero-order valence-corrected chi connectivity index (χ0v) is 15.8. The van der Waals surface area contributed by atoms with Gasteiger partial charge in [0.1, 0.15) is 18.2 Å². The van der Waals surface area contributed by atoms with E-state index in [4.69, 9.17) is 14.2 Å². The van der Waals surface area contributed by atoms with Gasteiger partial charge in [0.05, 0.1) is 24.6 Å². The highest BCUT2D eigenvalue weighted by molar-refractivity contribution is 5.91. The zero-order valence-electron chi connectivity index (χ0n) is 15.8. The summed E-state index contributed by atoms with van der Waals surface area (Å²) in [7, 11) is 3.23. The van der Waals surface area contributed by atoms with Crippen molar-refractivity contribution in [3.63, 3.8) is 0 Å². The Bertz CT molecular complexity index is 910. The van der Waals surface area contributed by atoms with Gasteiger partial charge < -0.3 is 19.5 Å². The first-order chi connectivity index (χ1) is 13.7. The van der Waals surface area contributed by atoms with Gasteiger partial charge in [0.15, 0.2) is 0 Å². The van der Waals surface area contributed by atoms with E-state index in [1.807, 2.05) is 24.3 Å². The average Bonchev–Trinajstić information content (AvgIpc) is 3.11. The fourth-order valence-electron chi connectivity index (χ4n) is 2.56. The van der Waals surface area contributed by atoms with Gasteiger partial charge in [0.2, 0.25) is 5.88 Å². The molecule has 3 aromatic rings. The number of nitrogens with zero attached hydrogens (tertiary/aromatic N) is 2. The van der Waals surface area contributed by atoms with Crippen molar-refractivity contribution in [1.82, 2.24) is 20.5 Å². The predicted molar refractivity (Wildman–Crippen MR) is 105 cm³/mol. The molecule has 0 aliphatic heterocycles. The number of anilines is 1. The molecular weight excluding hydrogens is 362 g/mol. The van der Waals surface area contributed by atoms with E-state index >= 15 is 0 Å². The Kier molecular flexibility index (Phi) is 6.64. The first-order valence-corrected chi connectivity index (χ1v) is 8.83. The molecule has 28 heavy (non-hydrogen) atoms. The lowest BCUT2D eigenvalue weighted by atomic mass is 10.1. The molecule has 0 aliphatic carbocycles. The molecule has 0 fully saturated rings. The molecule has 0 aliphatic rings. The summed E-state index contributed by atoms with van der Waals surface area (Å²) in [4.78, 5) is 16.3. The van der Waals surface area contributed by atoms with Crippen LogP contribution in [0.25, 0.3) is 10.9 Å². The topological polar surface area (TPSA) is 110 Å². The molecule has 0 saturated heterocycles. The number of carbonyl (C=O) groups is 1.